The number of benzene rings is 1. The molecule has 0 bridgehead atoms. The Hall–Kier alpha value is -1.09. The van der Waals surface area contributed by atoms with Crippen LogP contribution in [0.4, 0.5) is 4.39 Å². The van der Waals surface area contributed by atoms with Crippen molar-refractivity contribution in [2.45, 2.75) is 51.0 Å². The van der Waals surface area contributed by atoms with E-state index in [-0.39, 0.29) is 5.82 Å². The van der Waals surface area contributed by atoms with E-state index in [1.165, 1.54) is 18.9 Å². The predicted octanol–water partition coefficient (Wildman–Crippen LogP) is 3.98. The molecule has 1 aromatic rings. The molecule has 1 aliphatic carbocycles. The lowest BCUT2D eigenvalue weighted by Crippen LogP contribution is -2.36. The van der Waals surface area contributed by atoms with Gasteiger partial charge in [0, 0.05) is 11.1 Å². The molecular formula is C16H24FNO. The molecular weight excluding hydrogens is 241 g/mol. The van der Waals surface area contributed by atoms with Crippen LogP contribution in [0.1, 0.15) is 51.0 Å². The first-order valence-electron chi connectivity index (χ1n) is 7.22. The van der Waals surface area contributed by atoms with E-state index in [4.69, 9.17) is 10.5 Å². The smallest absolute Gasteiger partial charge is 0.124 e. The fourth-order valence-electron chi connectivity index (χ4n) is 3.18. The number of hydrogen-bond acceptors (Lipinski definition) is 2. The quantitative estimate of drug-likeness (QED) is 0.839. The molecule has 2 unspecified atom stereocenters. The standard InChI is InChI=1S/C16H24FNO/c1-3-12-5-4-9-16(18,10-8-12)14-11-13(17)6-7-15(14)19-2/h6-7,11-12H,3-5,8-10,18H2,1-2H3. The molecule has 0 aliphatic heterocycles. The summed E-state index contributed by atoms with van der Waals surface area (Å²) < 4.78 is 18.9. The third-order valence-corrected chi connectivity index (χ3v) is 4.51. The van der Waals surface area contributed by atoms with Gasteiger partial charge in [-0.25, -0.2) is 4.39 Å². The molecule has 0 heterocycles. The molecule has 19 heavy (non-hydrogen) atoms. The van der Waals surface area contributed by atoms with Crippen LogP contribution in [0.15, 0.2) is 18.2 Å². The van der Waals surface area contributed by atoms with Gasteiger partial charge in [0.15, 0.2) is 0 Å². The van der Waals surface area contributed by atoms with Gasteiger partial charge in [0.25, 0.3) is 0 Å². The van der Waals surface area contributed by atoms with Crippen LogP contribution in [0.3, 0.4) is 0 Å². The second-order valence-corrected chi connectivity index (χ2v) is 5.71. The third-order valence-electron chi connectivity index (χ3n) is 4.51. The van der Waals surface area contributed by atoms with Gasteiger partial charge in [0.1, 0.15) is 11.6 Å². The average molecular weight is 265 g/mol. The van der Waals surface area contributed by atoms with Gasteiger partial charge in [0.05, 0.1) is 7.11 Å². The van der Waals surface area contributed by atoms with Crippen molar-refractivity contribution in [3.8, 4) is 5.75 Å². The molecule has 2 nitrogen and oxygen atoms in total. The first-order chi connectivity index (χ1) is 9.09. The zero-order chi connectivity index (χ0) is 13.9. The minimum absolute atomic E-state index is 0.239. The SMILES string of the molecule is CCC1CCCC(N)(c2cc(F)ccc2OC)CC1. The minimum atomic E-state index is -0.447. The van der Waals surface area contributed by atoms with Crippen LogP contribution in [0.25, 0.3) is 0 Å². The van der Waals surface area contributed by atoms with Gasteiger partial charge < -0.3 is 10.5 Å². The molecule has 2 atom stereocenters. The number of halogens is 1. The van der Waals surface area contributed by atoms with Crippen molar-refractivity contribution in [1.29, 1.82) is 0 Å². The lowest BCUT2D eigenvalue weighted by Gasteiger charge is -2.30. The Morgan fingerprint density at radius 1 is 1.37 bits per heavy atom. The van der Waals surface area contributed by atoms with Crippen LogP contribution in [0.5, 0.6) is 5.75 Å². The van der Waals surface area contributed by atoms with Gasteiger partial charge in [-0.1, -0.05) is 26.2 Å². The van der Waals surface area contributed by atoms with E-state index in [2.05, 4.69) is 6.92 Å². The molecule has 1 aliphatic rings. The summed E-state index contributed by atoms with van der Waals surface area (Å²) in [4.78, 5) is 0. The van der Waals surface area contributed by atoms with Crippen molar-refractivity contribution in [2.24, 2.45) is 11.7 Å². The fourth-order valence-corrected chi connectivity index (χ4v) is 3.18. The summed E-state index contributed by atoms with van der Waals surface area (Å²) in [5, 5.41) is 0. The molecule has 1 aromatic carbocycles. The number of hydrogen-bond donors (Lipinski definition) is 1. The highest BCUT2D eigenvalue weighted by Crippen LogP contribution is 2.40. The fraction of sp³-hybridized carbons (Fsp3) is 0.625. The maximum atomic E-state index is 13.5. The van der Waals surface area contributed by atoms with E-state index in [1.54, 1.807) is 19.2 Å². The summed E-state index contributed by atoms with van der Waals surface area (Å²) in [6, 6.07) is 4.66. The maximum Gasteiger partial charge on any atom is 0.124 e. The molecule has 0 saturated heterocycles. The van der Waals surface area contributed by atoms with Crippen molar-refractivity contribution < 1.29 is 9.13 Å². The zero-order valence-corrected chi connectivity index (χ0v) is 11.9. The Balaban J connectivity index is 2.30. The van der Waals surface area contributed by atoms with Gasteiger partial charge in [0.2, 0.25) is 0 Å². The molecule has 0 spiro atoms. The van der Waals surface area contributed by atoms with Crippen molar-refractivity contribution in [3.63, 3.8) is 0 Å². The van der Waals surface area contributed by atoms with E-state index in [0.717, 1.165) is 37.2 Å². The molecule has 3 heteroatoms. The Morgan fingerprint density at radius 2 is 2.16 bits per heavy atom. The third kappa shape index (κ3) is 3.08. The minimum Gasteiger partial charge on any atom is -0.496 e. The van der Waals surface area contributed by atoms with Crippen molar-refractivity contribution in [3.05, 3.63) is 29.6 Å². The highest BCUT2D eigenvalue weighted by Gasteiger charge is 2.33. The molecule has 2 N–H and O–H groups in total. The van der Waals surface area contributed by atoms with Gasteiger partial charge in [-0.15, -0.1) is 0 Å². The lowest BCUT2D eigenvalue weighted by molar-refractivity contribution is 0.340. The summed E-state index contributed by atoms with van der Waals surface area (Å²) >= 11 is 0. The maximum absolute atomic E-state index is 13.5. The summed E-state index contributed by atoms with van der Waals surface area (Å²) in [6.45, 7) is 2.23. The first-order valence-corrected chi connectivity index (χ1v) is 7.22. The zero-order valence-electron chi connectivity index (χ0n) is 11.9. The molecule has 0 amide bonds. The van der Waals surface area contributed by atoms with Gasteiger partial charge >= 0.3 is 0 Å². The van der Waals surface area contributed by atoms with E-state index in [1.807, 2.05) is 0 Å². The summed E-state index contributed by atoms with van der Waals surface area (Å²) in [5.41, 5.74) is 6.97. The molecule has 2 rings (SSSR count). The van der Waals surface area contributed by atoms with Crippen LogP contribution in [0.2, 0.25) is 0 Å². The van der Waals surface area contributed by atoms with Gasteiger partial charge in [-0.3, -0.25) is 0 Å². The van der Waals surface area contributed by atoms with Crippen molar-refractivity contribution >= 4 is 0 Å². The molecule has 1 fully saturated rings. The average Bonchev–Trinajstić information content (AvgIpc) is 2.61. The Labute approximate surface area is 115 Å². The summed E-state index contributed by atoms with van der Waals surface area (Å²) in [5.74, 6) is 1.22. The lowest BCUT2D eigenvalue weighted by atomic mass is 9.83. The van der Waals surface area contributed by atoms with Gasteiger partial charge in [-0.2, -0.15) is 0 Å². The first kappa shape index (κ1) is 14.3. The predicted molar refractivity (Wildman–Crippen MR) is 75.7 cm³/mol. The normalized spacial score (nSPS) is 27.9. The van der Waals surface area contributed by atoms with Crippen LogP contribution in [0, 0.1) is 11.7 Å². The number of methoxy groups -OCH3 is 1. The second kappa shape index (κ2) is 5.91. The topological polar surface area (TPSA) is 35.2 Å². The number of rotatable bonds is 3. The van der Waals surface area contributed by atoms with Crippen LogP contribution in [-0.2, 0) is 5.54 Å². The van der Waals surface area contributed by atoms with Crippen molar-refractivity contribution in [1.82, 2.24) is 0 Å². The van der Waals surface area contributed by atoms with Crippen LogP contribution >= 0.6 is 0 Å². The number of ether oxygens (including phenoxy) is 1. The van der Waals surface area contributed by atoms with Crippen LogP contribution in [-0.4, -0.2) is 7.11 Å². The molecule has 106 valence electrons. The Bertz CT molecular complexity index is 435. The highest BCUT2D eigenvalue weighted by molar-refractivity contribution is 5.39. The van der Waals surface area contributed by atoms with E-state index >= 15 is 0 Å². The van der Waals surface area contributed by atoms with Gasteiger partial charge in [-0.05, 0) is 43.4 Å². The highest BCUT2D eigenvalue weighted by atomic mass is 19.1. The monoisotopic (exact) mass is 265 g/mol. The largest absolute Gasteiger partial charge is 0.496 e. The van der Waals surface area contributed by atoms with Crippen LogP contribution < -0.4 is 10.5 Å². The Kier molecular flexibility index (Phi) is 4.46. The summed E-state index contributed by atoms with van der Waals surface area (Å²) in [6.07, 6.45) is 6.47. The molecule has 0 aromatic heterocycles. The van der Waals surface area contributed by atoms with E-state index < -0.39 is 5.54 Å². The van der Waals surface area contributed by atoms with E-state index in [9.17, 15) is 4.39 Å². The summed E-state index contributed by atoms with van der Waals surface area (Å²) in [7, 11) is 1.62. The molecule has 0 radical (unpaired) electrons. The number of nitrogens with two attached hydrogens (primary N) is 1. The Morgan fingerprint density at radius 3 is 2.84 bits per heavy atom. The van der Waals surface area contributed by atoms with E-state index in [0.29, 0.717) is 5.75 Å². The van der Waals surface area contributed by atoms with Crippen molar-refractivity contribution in [2.75, 3.05) is 7.11 Å². The molecule has 1 saturated carbocycles. The second-order valence-electron chi connectivity index (χ2n) is 5.71.